The molecule has 0 aliphatic rings. The van der Waals surface area contributed by atoms with E-state index in [0.29, 0.717) is 12.8 Å². The molecule has 4 nitrogen and oxygen atoms in total. The predicted molar refractivity (Wildman–Crippen MR) is 74.3 cm³/mol. The Balaban J connectivity index is 3.25. The second-order valence-corrected chi connectivity index (χ2v) is 4.64. The van der Waals surface area contributed by atoms with E-state index in [0.717, 1.165) is 25.8 Å². The highest BCUT2D eigenvalue weighted by Crippen LogP contribution is 2.02. The summed E-state index contributed by atoms with van der Waals surface area (Å²) in [5.41, 5.74) is 0. The summed E-state index contributed by atoms with van der Waals surface area (Å²) >= 11 is 0. The van der Waals surface area contributed by atoms with E-state index < -0.39 is 0 Å². The van der Waals surface area contributed by atoms with Crippen LogP contribution in [0.5, 0.6) is 0 Å². The minimum atomic E-state index is 0.0475. The number of hydrogen-bond donors (Lipinski definition) is 2. The summed E-state index contributed by atoms with van der Waals surface area (Å²) in [5.74, 6) is 0.161. The van der Waals surface area contributed by atoms with E-state index in [-0.39, 0.29) is 11.8 Å². The van der Waals surface area contributed by atoms with E-state index in [1.165, 1.54) is 25.7 Å². The molecule has 0 saturated heterocycles. The molecule has 4 heteroatoms. The standard InChI is InChI=1S/C14H28N2O2/c1-3-4-5-6-9-12-16-14(18)11-8-7-10-13(17)15-2/h3-12H2,1-2H3,(H,15,17)(H,16,18). The molecule has 0 unspecified atom stereocenters. The Hall–Kier alpha value is -1.06. The number of rotatable bonds is 11. The van der Waals surface area contributed by atoms with Crippen molar-refractivity contribution in [2.24, 2.45) is 0 Å². The molecule has 0 aromatic carbocycles. The van der Waals surface area contributed by atoms with Crippen LogP contribution in [0.25, 0.3) is 0 Å². The molecule has 0 aromatic rings. The van der Waals surface area contributed by atoms with Crippen molar-refractivity contribution in [3.63, 3.8) is 0 Å². The highest BCUT2D eigenvalue weighted by molar-refractivity contribution is 5.76. The van der Waals surface area contributed by atoms with Crippen molar-refractivity contribution in [2.45, 2.75) is 64.7 Å². The molecule has 0 saturated carbocycles. The first-order valence-corrected chi connectivity index (χ1v) is 7.18. The summed E-state index contributed by atoms with van der Waals surface area (Å²) in [6.07, 6.45) is 8.68. The third-order valence-electron chi connectivity index (χ3n) is 2.94. The van der Waals surface area contributed by atoms with E-state index in [9.17, 15) is 9.59 Å². The van der Waals surface area contributed by atoms with Gasteiger partial charge in [0.2, 0.25) is 11.8 Å². The van der Waals surface area contributed by atoms with Crippen LogP contribution >= 0.6 is 0 Å². The van der Waals surface area contributed by atoms with Crippen LogP contribution in [0.4, 0.5) is 0 Å². The van der Waals surface area contributed by atoms with Crippen LogP contribution in [0, 0.1) is 0 Å². The number of carbonyl (C=O) groups excluding carboxylic acids is 2. The van der Waals surface area contributed by atoms with Crippen molar-refractivity contribution < 1.29 is 9.59 Å². The topological polar surface area (TPSA) is 58.2 Å². The molecule has 0 bridgehead atoms. The maximum absolute atomic E-state index is 11.4. The maximum atomic E-state index is 11.4. The van der Waals surface area contributed by atoms with E-state index in [1.807, 2.05) is 0 Å². The van der Waals surface area contributed by atoms with Gasteiger partial charge in [0.15, 0.2) is 0 Å². The van der Waals surface area contributed by atoms with Crippen molar-refractivity contribution in [2.75, 3.05) is 13.6 Å². The summed E-state index contributed by atoms with van der Waals surface area (Å²) in [5, 5.41) is 5.49. The average molecular weight is 256 g/mol. The van der Waals surface area contributed by atoms with E-state index in [2.05, 4.69) is 17.6 Å². The Morgan fingerprint density at radius 3 is 2.06 bits per heavy atom. The zero-order valence-electron chi connectivity index (χ0n) is 11.9. The monoisotopic (exact) mass is 256 g/mol. The van der Waals surface area contributed by atoms with Crippen molar-refractivity contribution in [3.8, 4) is 0 Å². The van der Waals surface area contributed by atoms with Gasteiger partial charge in [-0.25, -0.2) is 0 Å². The van der Waals surface area contributed by atoms with Crippen molar-refractivity contribution in [1.29, 1.82) is 0 Å². The van der Waals surface area contributed by atoms with Gasteiger partial charge >= 0.3 is 0 Å². The Labute approximate surface area is 111 Å². The average Bonchev–Trinajstić information content (AvgIpc) is 2.38. The van der Waals surface area contributed by atoms with E-state index >= 15 is 0 Å². The molecule has 0 fully saturated rings. The second-order valence-electron chi connectivity index (χ2n) is 4.64. The lowest BCUT2D eigenvalue weighted by molar-refractivity contribution is -0.122. The third-order valence-corrected chi connectivity index (χ3v) is 2.94. The molecular formula is C14H28N2O2. The van der Waals surface area contributed by atoms with Crippen molar-refractivity contribution in [3.05, 3.63) is 0 Å². The Kier molecular flexibility index (Phi) is 11.7. The predicted octanol–water partition coefficient (Wildman–Crippen LogP) is 2.38. The first kappa shape index (κ1) is 16.9. The second kappa shape index (κ2) is 12.4. The lowest BCUT2D eigenvalue weighted by Crippen LogP contribution is -2.24. The van der Waals surface area contributed by atoms with Crippen molar-refractivity contribution >= 4 is 11.8 Å². The molecule has 106 valence electrons. The van der Waals surface area contributed by atoms with E-state index in [4.69, 9.17) is 0 Å². The minimum absolute atomic E-state index is 0.0475. The molecule has 0 aliphatic heterocycles. The van der Waals surface area contributed by atoms with Gasteiger partial charge in [-0.1, -0.05) is 32.6 Å². The van der Waals surface area contributed by atoms with Gasteiger partial charge in [0.1, 0.15) is 0 Å². The molecule has 0 aliphatic carbocycles. The molecule has 18 heavy (non-hydrogen) atoms. The molecular weight excluding hydrogens is 228 g/mol. The largest absolute Gasteiger partial charge is 0.359 e. The lowest BCUT2D eigenvalue weighted by Gasteiger charge is -2.05. The van der Waals surface area contributed by atoms with Gasteiger partial charge in [0, 0.05) is 26.4 Å². The molecule has 0 aromatic heterocycles. The third kappa shape index (κ3) is 11.4. The molecule has 0 spiro atoms. The highest BCUT2D eigenvalue weighted by atomic mass is 16.2. The fourth-order valence-electron chi connectivity index (χ4n) is 1.74. The Bertz CT molecular complexity index is 230. The fourth-order valence-corrected chi connectivity index (χ4v) is 1.74. The first-order valence-electron chi connectivity index (χ1n) is 7.18. The fraction of sp³-hybridized carbons (Fsp3) is 0.857. The van der Waals surface area contributed by atoms with Gasteiger partial charge in [-0.15, -0.1) is 0 Å². The van der Waals surface area contributed by atoms with Gasteiger partial charge in [-0.3, -0.25) is 9.59 Å². The summed E-state index contributed by atoms with van der Waals surface area (Å²) in [4.78, 5) is 22.4. The van der Waals surface area contributed by atoms with Gasteiger partial charge in [0.25, 0.3) is 0 Å². The van der Waals surface area contributed by atoms with Crippen LogP contribution in [0.3, 0.4) is 0 Å². The number of unbranched alkanes of at least 4 members (excludes halogenated alkanes) is 5. The molecule has 2 amide bonds. The summed E-state index contributed by atoms with van der Waals surface area (Å²) in [6.45, 7) is 2.98. The molecule has 0 rings (SSSR count). The quantitative estimate of drug-likeness (QED) is 0.558. The number of hydrogen-bond acceptors (Lipinski definition) is 2. The smallest absolute Gasteiger partial charge is 0.219 e. The maximum Gasteiger partial charge on any atom is 0.219 e. The van der Waals surface area contributed by atoms with Gasteiger partial charge in [-0.05, 0) is 19.3 Å². The van der Waals surface area contributed by atoms with Crippen LogP contribution in [0.2, 0.25) is 0 Å². The van der Waals surface area contributed by atoms with Crippen LogP contribution < -0.4 is 10.6 Å². The highest BCUT2D eigenvalue weighted by Gasteiger charge is 2.02. The normalized spacial score (nSPS) is 10.1. The molecule has 0 atom stereocenters. The van der Waals surface area contributed by atoms with Crippen molar-refractivity contribution in [1.82, 2.24) is 10.6 Å². The van der Waals surface area contributed by atoms with Gasteiger partial charge in [-0.2, -0.15) is 0 Å². The zero-order chi connectivity index (χ0) is 13.6. The van der Waals surface area contributed by atoms with Gasteiger partial charge in [0.05, 0.1) is 0 Å². The van der Waals surface area contributed by atoms with Crippen LogP contribution in [0.1, 0.15) is 64.7 Å². The lowest BCUT2D eigenvalue weighted by atomic mass is 10.1. The summed E-state index contributed by atoms with van der Waals surface area (Å²) in [6, 6.07) is 0. The minimum Gasteiger partial charge on any atom is -0.359 e. The van der Waals surface area contributed by atoms with Crippen LogP contribution in [-0.2, 0) is 9.59 Å². The Morgan fingerprint density at radius 1 is 0.833 bits per heavy atom. The zero-order valence-corrected chi connectivity index (χ0v) is 11.9. The number of amides is 2. The van der Waals surface area contributed by atoms with Gasteiger partial charge < -0.3 is 10.6 Å². The van der Waals surface area contributed by atoms with Crippen LogP contribution in [-0.4, -0.2) is 25.4 Å². The molecule has 0 radical (unpaired) electrons. The summed E-state index contributed by atoms with van der Waals surface area (Å²) < 4.78 is 0. The number of carbonyl (C=O) groups is 2. The molecule has 2 N–H and O–H groups in total. The Morgan fingerprint density at radius 2 is 1.44 bits per heavy atom. The molecule has 0 heterocycles. The van der Waals surface area contributed by atoms with E-state index in [1.54, 1.807) is 7.05 Å². The SMILES string of the molecule is CCCCCCCNC(=O)CCCCC(=O)NC. The summed E-state index contributed by atoms with van der Waals surface area (Å²) in [7, 11) is 1.63. The van der Waals surface area contributed by atoms with Crippen LogP contribution in [0.15, 0.2) is 0 Å². The number of nitrogens with one attached hydrogen (secondary N) is 2. The first-order chi connectivity index (χ1) is 8.70.